The van der Waals surface area contributed by atoms with Crippen LogP contribution in [0.4, 0.5) is 11.4 Å². The van der Waals surface area contributed by atoms with E-state index in [-0.39, 0.29) is 11.2 Å². The van der Waals surface area contributed by atoms with E-state index in [4.69, 9.17) is 10.5 Å². The van der Waals surface area contributed by atoms with Crippen LogP contribution in [0.5, 0.6) is 5.75 Å². The average Bonchev–Trinajstić information content (AvgIpc) is 2.86. The zero-order valence-electron chi connectivity index (χ0n) is 12.0. The molecule has 0 bridgehead atoms. The first-order chi connectivity index (χ1) is 10.0. The molecule has 0 aliphatic heterocycles. The number of carbonyl (C=O) groups excluding carboxylic acids is 1. The highest BCUT2D eigenvalue weighted by molar-refractivity contribution is 8.00. The Morgan fingerprint density at radius 1 is 1.52 bits per heavy atom. The van der Waals surface area contributed by atoms with Crippen molar-refractivity contribution < 1.29 is 9.53 Å². The molecule has 112 valence electrons. The van der Waals surface area contributed by atoms with Crippen molar-refractivity contribution in [3.8, 4) is 5.75 Å². The van der Waals surface area contributed by atoms with Crippen molar-refractivity contribution in [2.45, 2.75) is 17.3 Å². The fraction of sp³-hybridized carbons (Fsp3) is 0.308. The monoisotopic (exact) mass is 307 g/mol. The van der Waals surface area contributed by atoms with Gasteiger partial charge in [0.1, 0.15) is 12.1 Å². The number of hydrogen-bond acceptors (Lipinski definition) is 6. The van der Waals surface area contributed by atoms with Crippen molar-refractivity contribution in [3.63, 3.8) is 0 Å². The number of aromatic nitrogens is 3. The lowest BCUT2D eigenvalue weighted by Crippen LogP contribution is -2.23. The van der Waals surface area contributed by atoms with Crippen LogP contribution in [-0.2, 0) is 11.8 Å². The third kappa shape index (κ3) is 3.66. The van der Waals surface area contributed by atoms with Crippen molar-refractivity contribution in [2.75, 3.05) is 18.2 Å². The minimum Gasteiger partial charge on any atom is -0.497 e. The number of thioether (sulfide) groups is 1. The van der Waals surface area contributed by atoms with E-state index in [2.05, 4.69) is 15.4 Å². The van der Waals surface area contributed by atoms with Crippen LogP contribution in [0.2, 0.25) is 0 Å². The highest BCUT2D eigenvalue weighted by Crippen LogP contribution is 2.26. The Balaban J connectivity index is 2.02. The van der Waals surface area contributed by atoms with Gasteiger partial charge in [0.05, 0.1) is 23.7 Å². The second-order valence-electron chi connectivity index (χ2n) is 4.37. The van der Waals surface area contributed by atoms with Crippen molar-refractivity contribution >= 4 is 29.0 Å². The van der Waals surface area contributed by atoms with Gasteiger partial charge >= 0.3 is 0 Å². The molecule has 1 atom stereocenters. The molecule has 1 amide bonds. The predicted octanol–water partition coefficient (Wildman–Crippen LogP) is 1.53. The molecule has 0 aliphatic carbocycles. The molecule has 0 fully saturated rings. The quantitative estimate of drug-likeness (QED) is 0.642. The first-order valence-corrected chi connectivity index (χ1v) is 7.14. The van der Waals surface area contributed by atoms with E-state index in [9.17, 15) is 4.79 Å². The number of anilines is 2. The molecule has 0 saturated carbocycles. The molecule has 8 heteroatoms. The number of aryl methyl sites for hydroxylation is 1. The van der Waals surface area contributed by atoms with Gasteiger partial charge in [-0.05, 0) is 19.1 Å². The summed E-state index contributed by atoms with van der Waals surface area (Å²) < 4.78 is 6.69. The van der Waals surface area contributed by atoms with Crippen LogP contribution >= 0.6 is 11.8 Å². The number of nitrogen functional groups attached to an aromatic ring is 1. The SMILES string of the molecule is COc1ccc(NC(=O)C(C)Sc2ncnn2C)c(N)c1. The Morgan fingerprint density at radius 2 is 2.29 bits per heavy atom. The van der Waals surface area contributed by atoms with Crippen LogP contribution in [0, 0.1) is 0 Å². The minimum atomic E-state index is -0.325. The number of ether oxygens (including phenoxy) is 1. The lowest BCUT2D eigenvalue weighted by atomic mass is 10.2. The summed E-state index contributed by atoms with van der Waals surface area (Å²) in [7, 11) is 3.34. The topological polar surface area (TPSA) is 95.1 Å². The second kappa shape index (κ2) is 6.49. The zero-order chi connectivity index (χ0) is 15.4. The molecule has 1 unspecified atom stereocenters. The van der Waals surface area contributed by atoms with Gasteiger partial charge in [-0.25, -0.2) is 9.67 Å². The number of carbonyl (C=O) groups is 1. The van der Waals surface area contributed by atoms with Gasteiger partial charge in [0.2, 0.25) is 5.91 Å². The van der Waals surface area contributed by atoms with E-state index in [0.29, 0.717) is 22.3 Å². The van der Waals surface area contributed by atoms with Crippen LogP contribution in [0.3, 0.4) is 0 Å². The van der Waals surface area contributed by atoms with Gasteiger partial charge in [-0.2, -0.15) is 5.10 Å². The number of hydrogen-bond donors (Lipinski definition) is 2. The summed E-state index contributed by atoms with van der Waals surface area (Å²) in [6.45, 7) is 1.80. The maximum absolute atomic E-state index is 12.2. The molecular weight excluding hydrogens is 290 g/mol. The molecule has 21 heavy (non-hydrogen) atoms. The number of nitrogens with two attached hydrogens (primary N) is 1. The predicted molar refractivity (Wildman–Crippen MR) is 82.4 cm³/mol. The Hall–Kier alpha value is -2.22. The van der Waals surface area contributed by atoms with Gasteiger partial charge in [-0.15, -0.1) is 0 Å². The normalized spacial score (nSPS) is 12.0. The third-order valence-electron chi connectivity index (χ3n) is 2.84. The Labute approximate surface area is 126 Å². The first kappa shape index (κ1) is 15.2. The van der Waals surface area contributed by atoms with E-state index in [0.717, 1.165) is 0 Å². The first-order valence-electron chi connectivity index (χ1n) is 6.26. The largest absolute Gasteiger partial charge is 0.497 e. The van der Waals surface area contributed by atoms with Crippen molar-refractivity contribution in [1.82, 2.24) is 14.8 Å². The molecule has 1 heterocycles. The van der Waals surface area contributed by atoms with Gasteiger partial charge in [0.25, 0.3) is 0 Å². The fourth-order valence-corrected chi connectivity index (χ4v) is 2.41. The van der Waals surface area contributed by atoms with Crippen molar-refractivity contribution in [1.29, 1.82) is 0 Å². The molecule has 1 aromatic carbocycles. The lowest BCUT2D eigenvalue weighted by Gasteiger charge is -2.13. The summed E-state index contributed by atoms with van der Waals surface area (Å²) in [6.07, 6.45) is 1.45. The summed E-state index contributed by atoms with van der Waals surface area (Å²) in [6, 6.07) is 5.12. The summed E-state index contributed by atoms with van der Waals surface area (Å²) >= 11 is 1.33. The Kier molecular flexibility index (Phi) is 4.69. The summed E-state index contributed by atoms with van der Waals surface area (Å²) in [4.78, 5) is 16.3. The Morgan fingerprint density at radius 3 is 2.86 bits per heavy atom. The molecule has 2 aromatic rings. The molecule has 1 aromatic heterocycles. The number of nitrogens with one attached hydrogen (secondary N) is 1. The smallest absolute Gasteiger partial charge is 0.237 e. The molecule has 7 nitrogen and oxygen atoms in total. The Bertz CT molecular complexity index is 643. The molecule has 2 rings (SSSR count). The van der Waals surface area contributed by atoms with Gasteiger partial charge in [-0.3, -0.25) is 4.79 Å². The van der Waals surface area contributed by atoms with Gasteiger partial charge < -0.3 is 15.8 Å². The van der Waals surface area contributed by atoms with Gasteiger partial charge in [-0.1, -0.05) is 11.8 Å². The van der Waals surface area contributed by atoms with Crippen LogP contribution in [-0.4, -0.2) is 33.0 Å². The van der Waals surface area contributed by atoms with Crippen molar-refractivity contribution in [2.24, 2.45) is 7.05 Å². The van der Waals surface area contributed by atoms with E-state index in [1.165, 1.54) is 18.1 Å². The number of rotatable bonds is 5. The summed E-state index contributed by atoms with van der Waals surface area (Å²) in [5.41, 5.74) is 6.90. The van der Waals surface area contributed by atoms with Gasteiger partial charge in [0, 0.05) is 13.1 Å². The molecule has 3 N–H and O–H groups in total. The molecule has 0 spiro atoms. The molecular formula is C13H17N5O2S. The second-order valence-corrected chi connectivity index (χ2v) is 5.68. The maximum Gasteiger partial charge on any atom is 0.237 e. The minimum absolute atomic E-state index is 0.153. The fourth-order valence-electron chi connectivity index (χ4n) is 1.62. The van der Waals surface area contributed by atoms with Crippen LogP contribution in [0.1, 0.15) is 6.92 Å². The van der Waals surface area contributed by atoms with E-state index in [1.807, 2.05) is 0 Å². The zero-order valence-corrected chi connectivity index (χ0v) is 12.8. The standard InChI is InChI=1S/C13H17N5O2S/c1-8(21-13-15-7-16-18(13)2)12(19)17-11-5-4-9(20-3)6-10(11)14/h4-8H,14H2,1-3H3,(H,17,19). The van der Waals surface area contributed by atoms with Crippen LogP contribution in [0.15, 0.2) is 29.7 Å². The molecule has 0 aliphatic rings. The average molecular weight is 307 g/mol. The number of amides is 1. The summed E-state index contributed by atoms with van der Waals surface area (Å²) in [5.74, 6) is 0.492. The highest BCUT2D eigenvalue weighted by atomic mass is 32.2. The number of methoxy groups -OCH3 is 1. The molecule has 0 radical (unpaired) electrons. The number of nitrogens with zero attached hydrogens (tertiary/aromatic N) is 3. The third-order valence-corrected chi connectivity index (χ3v) is 3.99. The van der Waals surface area contributed by atoms with Crippen LogP contribution in [0.25, 0.3) is 0 Å². The maximum atomic E-state index is 12.2. The number of benzene rings is 1. The van der Waals surface area contributed by atoms with Crippen molar-refractivity contribution in [3.05, 3.63) is 24.5 Å². The van der Waals surface area contributed by atoms with E-state index < -0.39 is 0 Å². The lowest BCUT2D eigenvalue weighted by molar-refractivity contribution is -0.115. The highest BCUT2D eigenvalue weighted by Gasteiger charge is 2.18. The van der Waals surface area contributed by atoms with E-state index >= 15 is 0 Å². The summed E-state index contributed by atoms with van der Waals surface area (Å²) in [5, 5.41) is 7.12. The van der Waals surface area contributed by atoms with E-state index in [1.54, 1.807) is 44.0 Å². The molecule has 0 saturated heterocycles. The van der Waals surface area contributed by atoms with Gasteiger partial charge in [0.15, 0.2) is 5.16 Å². The van der Waals surface area contributed by atoms with Crippen LogP contribution < -0.4 is 15.8 Å².